The SMILES string of the molecule is CCCC[CH2][Al][CH3]. The summed E-state index contributed by atoms with van der Waals surface area (Å²) in [5.41, 5.74) is 0. The maximum atomic E-state index is 2.33. The van der Waals surface area contributed by atoms with Crippen molar-refractivity contribution in [3.63, 3.8) is 0 Å². The van der Waals surface area contributed by atoms with Crippen molar-refractivity contribution in [2.45, 2.75) is 37.3 Å². The van der Waals surface area contributed by atoms with Crippen LogP contribution < -0.4 is 0 Å². The van der Waals surface area contributed by atoms with Gasteiger partial charge in [-0.05, 0) is 0 Å². The van der Waals surface area contributed by atoms with Gasteiger partial charge in [-0.25, -0.2) is 0 Å². The molecule has 0 nitrogen and oxygen atoms in total. The molecule has 0 aromatic rings. The van der Waals surface area contributed by atoms with Crippen LogP contribution in [0, 0.1) is 0 Å². The summed E-state index contributed by atoms with van der Waals surface area (Å²) in [5, 5.41) is 1.51. The minimum atomic E-state index is 0.781. The third-order valence-electron chi connectivity index (χ3n) is 1.10. The van der Waals surface area contributed by atoms with E-state index >= 15 is 0 Å². The average molecular weight is 113 g/mol. The van der Waals surface area contributed by atoms with E-state index in [2.05, 4.69) is 12.7 Å². The van der Waals surface area contributed by atoms with Gasteiger partial charge in [0.25, 0.3) is 0 Å². The molecule has 0 unspecified atom stereocenters. The molecule has 0 bridgehead atoms. The third kappa shape index (κ3) is 6.53. The van der Waals surface area contributed by atoms with Gasteiger partial charge in [0.15, 0.2) is 15.2 Å². The van der Waals surface area contributed by atoms with Crippen molar-refractivity contribution in [2.75, 3.05) is 0 Å². The van der Waals surface area contributed by atoms with Crippen molar-refractivity contribution in [1.29, 1.82) is 0 Å². The fourth-order valence-corrected chi connectivity index (χ4v) is 1.30. The van der Waals surface area contributed by atoms with Crippen LogP contribution in [-0.4, -0.2) is 15.2 Å². The largest absolute Gasteiger partial charge is 0.195 e. The zero-order valence-corrected chi connectivity index (χ0v) is 6.56. The van der Waals surface area contributed by atoms with E-state index in [4.69, 9.17) is 0 Å². The van der Waals surface area contributed by atoms with Crippen LogP contribution in [0.3, 0.4) is 0 Å². The van der Waals surface area contributed by atoms with Crippen molar-refractivity contribution in [1.82, 2.24) is 0 Å². The number of rotatable bonds is 4. The van der Waals surface area contributed by atoms with Gasteiger partial charge >= 0.3 is 0 Å². The van der Waals surface area contributed by atoms with Crippen molar-refractivity contribution in [3.8, 4) is 0 Å². The lowest BCUT2D eigenvalue weighted by molar-refractivity contribution is 0.769. The second-order valence-electron chi connectivity index (χ2n) is 1.90. The van der Waals surface area contributed by atoms with E-state index in [1.54, 1.807) is 0 Å². The van der Waals surface area contributed by atoms with Crippen LogP contribution in [0.2, 0.25) is 11.1 Å². The molecule has 0 amide bonds. The zero-order valence-electron chi connectivity index (χ0n) is 5.41. The van der Waals surface area contributed by atoms with Gasteiger partial charge in [0, 0.05) is 0 Å². The van der Waals surface area contributed by atoms with Gasteiger partial charge in [-0.2, -0.15) is 0 Å². The molecular weight excluding hydrogens is 99.0 g/mol. The van der Waals surface area contributed by atoms with E-state index in [1.165, 1.54) is 24.5 Å². The van der Waals surface area contributed by atoms with E-state index < -0.39 is 0 Å². The summed E-state index contributed by atoms with van der Waals surface area (Å²) in [7, 11) is 0. The number of unbranched alkanes of at least 4 members (excludes halogenated alkanes) is 2. The first-order valence-corrected chi connectivity index (χ1v) is 5.16. The Morgan fingerprint density at radius 3 is 2.43 bits per heavy atom. The maximum absolute atomic E-state index is 2.33. The van der Waals surface area contributed by atoms with Crippen LogP contribution in [0.15, 0.2) is 0 Å². The molecule has 0 atom stereocenters. The smallest absolute Gasteiger partial charge is 0.115 e. The number of hydrogen-bond acceptors (Lipinski definition) is 0. The van der Waals surface area contributed by atoms with Crippen molar-refractivity contribution in [2.24, 2.45) is 0 Å². The normalized spacial score (nSPS) is 8.86. The van der Waals surface area contributed by atoms with Crippen LogP contribution in [0.5, 0.6) is 0 Å². The minimum Gasteiger partial charge on any atom is -0.115 e. The summed E-state index contributed by atoms with van der Waals surface area (Å²) in [6.07, 6.45) is 4.29. The monoisotopic (exact) mass is 113 g/mol. The molecule has 0 aromatic heterocycles. The molecule has 0 rings (SSSR count). The highest BCUT2D eigenvalue weighted by Gasteiger charge is 1.82. The van der Waals surface area contributed by atoms with E-state index in [0.717, 1.165) is 15.2 Å². The first kappa shape index (κ1) is 7.53. The lowest BCUT2D eigenvalue weighted by Crippen LogP contribution is -1.79. The van der Waals surface area contributed by atoms with Crippen LogP contribution in [0.25, 0.3) is 0 Å². The Morgan fingerprint density at radius 2 is 2.00 bits per heavy atom. The van der Waals surface area contributed by atoms with Crippen molar-refractivity contribution in [3.05, 3.63) is 0 Å². The molecule has 1 radical (unpaired) electrons. The fourth-order valence-electron chi connectivity index (χ4n) is 0.598. The molecule has 0 aromatic carbocycles. The quantitative estimate of drug-likeness (QED) is 0.388. The summed E-state index contributed by atoms with van der Waals surface area (Å²) in [4.78, 5) is 0. The van der Waals surface area contributed by atoms with Gasteiger partial charge in [0.1, 0.15) is 0 Å². The summed E-state index contributed by atoms with van der Waals surface area (Å²) in [6, 6.07) is 0. The molecular formula is C6H14Al. The summed E-state index contributed by atoms with van der Waals surface area (Å²) < 4.78 is 0. The van der Waals surface area contributed by atoms with Gasteiger partial charge in [0.05, 0.1) is 0 Å². The highest BCUT2D eigenvalue weighted by Crippen LogP contribution is 1.97. The summed E-state index contributed by atoms with van der Waals surface area (Å²) >= 11 is 0.781. The Bertz CT molecular complexity index is 23.4. The van der Waals surface area contributed by atoms with Gasteiger partial charge in [0.2, 0.25) is 0 Å². The average Bonchev–Trinajstić information content (AvgIpc) is 1.69. The highest BCUT2D eigenvalue weighted by atomic mass is 27.1. The molecule has 0 saturated heterocycles. The molecule has 0 heterocycles. The minimum absolute atomic E-state index is 0.781. The molecule has 0 aliphatic carbocycles. The maximum Gasteiger partial charge on any atom is 0.195 e. The van der Waals surface area contributed by atoms with Crippen molar-refractivity contribution >= 4 is 15.2 Å². The second kappa shape index (κ2) is 6.53. The van der Waals surface area contributed by atoms with Crippen LogP contribution >= 0.6 is 0 Å². The first-order valence-electron chi connectivity index (χ1n) is 3.19. The van der Waals surface area contributed by atoms with E-state index in [0.29, 0.717) is 0 Å². The lowest BCUT2D eigenvalue weighted by Gasteiger charge is -1.89. The van der Waals surface area contributed by atoms with Gasteiger partial charge in [-0.15, -0.1) is 11.1 Å². The Morgan fingerprint density at radius 1 is 1.29 bits per heavy atom. The Labute approximate surface area is 53.0 Å². The molecule has 0 aliphatic heterocycles. The molecule has 0 aliphatic rings. The second-order valence-corrected chi connectivity index (χ2v) is 3.30. The van der Waals surface area contributed by atoms with Crippen LogP contribution in [0.4, 0.5) is 0 Å². The van der Waals surface area contributed by atoms with E-state index in [1.807, 2.05) is 0 Å². The summed E-state index contributed by atoms with van der Waals surface area (Å²) in [5.74, 6) is 2.33. The highest BCUT2D eigenvalue weighted by molar-refractivity contribution is 6.33. The molecule has 0 fully saturated rings. The van der Waals surface area contributed by atoms with E-state index in [9.17, 15) is 0 Å². The fraction of sp³-hybridized carbons (Fsp3) is 1.00. The molecule has 1 heteroatoms. The molecule has 0 N–H and O–H groups in total. The molecule has 41 valence electrons. The lowest BCUT2D eigenvalue weighted by atomic mass is 10.3. The standard InChI is InChI=1S/C5H11.CH3.Al/c1-3-5-4-2;;/h1,3-5H2,2H3;1H3;. The topological polar surface area (TPSA) is 0 Å². The third-order valence-corrected chi connectivity index (χ3v) is 2.08. The first-order chi connectivity index (χ1) is 3.41. The number of hydrogen-bond donors (Lipinski definition) is 0. The summed E-state index contributed by atoms with van der Waals surface area (Å²) in [6.45, 7) is 2.25. The van der Waals surface area contributed by atoms with Gasteiger partial charge < -0.3 is 0 Å². The Hall–Kier alpha value is 0.532. The van der Waals surface area contributed by atoms with Crippen LogP contribution in [-0.2, 0) is 0 Å². The molecule has 0 saturated carbocycles. The van der Waals surface area contributed by atoms with E-state index in [-0.39, 0.29) is 0 Å². The Balaban J connectivity index is 2.45. The molecule has 0 spiro atoms. The van der Waals surface area contributed by atoms with Crippen LogP contribution in [0.1, 0.15) is 26.2 Å². The molecule has 7 heavy (non-hydrogen) atoms. The zero-order chi connectivity index (χ0) is 5.54. The van der Waals surface area contributed by atoms with Crippen molar-refractivity contribution < 1.29 is 0 Å². The predicted molar refractivity (Wildman–Crippen MR) is 35.9 cm³/mol. The van der Waals surface area contributed by atoms with Gasteiger partial charge in [-0.1, -0.05) is 26.2 Å². The van der Waals surface area contributed by atoms with Gasteiger partial charge in [-0.3, -0.25) is 0 Å². The predicted octanol–water partition coefficient (Wildman–Crippen LogP) is 2.35. The Kier molecular flexibility index (Phi) is 7.03.